The number of aliphatic hydroxyl groups is 1. The Kier molecular flexibility index (Phi) is 3.70. The Morgan fingerprint density at radius 3 is 2.72 bits per heavy atom. The highest BCUT2D eigenvalue weighted by atomic mass is 32.2. The largest absolute Gasteiger partial charge is 0.392 e. The van der Waals surface area contributed by atoms with E-state index in [2.05, 4.69) is 4.72 Å². The first-order chi connectivity index (χ1) is 8.44. The number of benzene rings is 1. The standard InChI is InChI=1S/C12H16FNO3S/c1-8-4-10(8)6-14-18(16,17)12-5-9(7-15)2-3-11(12)13/h2-3,5,8,10,14-15H,4,6-7H2,1H3. The second kappa shape index (κ2) is 4.95. The molecule has 0 saturated heterocycles. The van der Waals surface area contributed by atoms with Gasteiger partial charge in [0.15, 0.2) is 0 Å². The van der Waals surface area contributed by atoms with E-state index in [9.17, 15) is 12.8 Å². The molecule has 0 bridgehead atoms. The SMILES string of the molecule is CC1CC1CNS(=O)(=O)c1cc(CO)ccc1F. The highest BCUT2D eigenvalue weighted by molar-refractivity contribution is 7.89. The molecule has 2 N–H and O–H groups in total. The summed E-state index contributed by atoms with van der Waals surface area (Å²) in [5.74, 6) is 0.0775. The van der Waals surface area contributed by atoms with Gasteiger partial charge >= 0.3 is 0 Å². The van der Waals surface area contributed by atoms with E-state index in [4.69, 9.17) is 5.11 Å². The number of nitrogens with one attached hydrogen (secondary N) is 1. The number of rotatable bonds is 5. The zero-order valence-electron chi connectivity index (χ0n) is 10.1. The van der Waals surface area contributed by atoms with Crippen LogP contribution in [0.2, 0.25) is 0 Å². The van der Waals surface area contributed by atoms with E-state index in [0.717, 1.165) is 18.6 Å². The molecule has 2 rings (SSSR count). The van der Waals surface area contributed by atoms with Crippen molar-refractivity contribution in [1.82, 2.24) is 4.72 Å². The molecule has 100 valence electrons. The van der Waals surface area contributed by atoms with Gasteiger partial charge < -0.3 is 5.11 Å². The van der Waals surface area contributed by atoms with Gasteiger partial charge in [-0.1, -0.05) is 13.0 Å². The predicted molar refractivity (Wildman–Crippen MR) is 64.8 cm³/mol. The van der Waals surface area contributed by atoms with Crippen molar-refractivity contribution in [3.8, 4) is 0 Å². The Balaban J connectivity index is 2.17. The molecular weight excluding hydrogens is 257 g/mol. The minimum Gasteiger partial charge on any atom is -0.392 e. The fourth-order valence-corrected chi connectivity index (χ4v) is 3.05. The molecule has 1 aromatic carbocycles. The summed E-state index contributed by atoms with van der Waals surface area (Å²) in [5.41, 5.74) is 0.372. The van der Waals surface area contributed by atoms with Gasteiger partial charge in [-0.05, 0) is 36.0 Å². The van der Waals surface area contributed by atoms with Crippen LogP contribution >= 0.6 is 0 Å². The number of hydrogen-bond donors (Lipinski definition) is 2. The first-order valence-corrected chi connectivity index (χ1v) is 7.31. The van der Waals surface area contributed by atoms with Crippen LogP contribution in [0, 0.1) is 17.7 Å². The van der Waals surface area contributed by atoms with Crippen molar-refractivity contribution in [1.29, 1.82) is 0 Å². The van der Waals surface area contributed by atoms with E-state index in [-0.39, 0.29) is 6.61 Å². The summed E-state index contributed by atoms with van der Waals surface area (Å²) in [6, 6.07) is 3.57. The van der Waals surface area contributed by atoms with Gasteiger partial charge in [0.05, 0.1) is 6.61 Å². The second-order valence-electron chi connectivity index (χ2n) is 4.75. The van der Waals surface area contributed by atoms with E-state index >= 15 is 0 Å². The highest BCUT2D eigenvalue weighted by Gasteiger charge is 2.33. The molecule has 0 aromatic heterocycles. The molecule has 1 aliphatic rings. The summed E-state index contributed by atoms with van der Waals surface area (Å²) in [7, 11) is -3.84. The van der Waals surface area contributed by atoms with Crippen molar-refractivity contribution < 1.29 is 17.9 Å². The molecule has 4 nitrogen and oxygen atoms in total. The fourth-order valence-electron chi connectivity index (χ4n) is 1.83. The molecule has 2 atom stereocenters. The fraction of sp³-hybridized carbons (Fsp3) is 0.500. The van der Waals surface area contributed by atoms with E-state index in [0.29, 0.717) is 23.9 Å². The first kappa shape index (κ1) is 13.5. The van der Waals surface area contributed by atoms with Crippen LogP contribution in [0.1, 0.15) is 18.9 Å². The topological polar surface area (TPSA) is 66.4 Å². The number of aliphatic hydroxyl groups excluding tert-OH is 1. The third kappa shape index (κ3) is 2.88. The summed E-state index contributed by atoms with van der Waals surface area (Å²) in [6.45, 7) is 2.07. The summed E-state index contributed by atoms with van der Waals surface area (Å²) < 4.78 is 39.8. The van der Waals surface area contributed by atoms with Crippen LogP contribution in [-0.4, -0.2) is 20.1 Å². The van der Waals surface area contributed by atoms with Crippen molar-refractivity contribution in [2.24, 2.45) is 11.8 Å². The predicted octanol–water partition coefficient (Wildman–Crippen LogP) is 1.25. The lowest BCUT2D eigenvalue weighted by Crippen LogP contribution is -2.27. The minimum atomic E-state index is -3.84. The monoisotopic (exact) mass is 273 g/mol. The first-order valence-electron chi connectivity index (χ1n) is 5.83. The van der Waals surface area contributed by atoms with Gasteiger partial charge in [0.2, 0.25) is 10.0 Å². The average molecular weight is 273 g/mol. The lowest BCUT2D eigenvalue weighted by molar-refractivity contribution is 0.281. The van der Waals surface area contributed by atoms with Crippen LogP contribution in [0.5, 0.6) is 0 Å². The Hall–Kier alpha value is -0.980. The lowest BCUT2D eigenvalue weighted by atomic mass is 10.2. The summed E-state index contributed by atoms with van der Waals surface area (Å²) in [4.78, 5) is -0.401. The molecule has 1 saturated carbocycles. The Labute approximate surface area is 106 Å². The van der Waals surface area contributed by atoms with Gasteiger partial charge in [0.25, 0.3) is 0 Å². The summed E-state index contributed by atoms with van der Waals surface area (Å²) in [6.07, 6.45) is 1.00. The Bertz CT molecular complexity index is 544. The maximum Gasteiger partial charge on any atom is 0.243 e. The third-order valence-electron chi connectivity index (χ3n) is 3.28. The minimum absolute atomic E-state index is 0.317. The maximum absolute atomic E-state index is 13.5. The molecule has 1 fully saturated rings. The van der Waals surface area contributed by atoms with Crippen molar-refractivity contribution in [3.63, 3.8) is 0 Å². The van der Waals surface area contributed by atoms with Gasteiger partial charge in [-0.3, -0.25) is 0 Å². The third-order valence-corrected chi connectivity index (χ3v) is 4.72. The van der Waals surface area contributed by atoms with E-state index in [1.54, 1.807) is 0 Å². The average Bonchev–Trinajstić information content (AvgIpc) is 3.03. The number of hydrogen-bond acceptors (Lipinski definition) is 3. The van der Waals surface area contributed by atoms with Crippen LogP contribution in [0.3, 0.4) is 0 Å². The van der Waals surface area contributed by atoms with Crippen molar-refractivity contribution in [3.05, 3.63) is 29.6 Å². The molecule has 0 heterocycles. The van der Waals surface area contributed by atoms with Crippen molar-refractivity contribution >= 4 is 10.0 Å². The zero-order valence-corrected chi connectivity index (χ0v) is 10.9. The lowest BCUT2D eigenvalue weighted by Gasteiger charge is -2.08. The van der Waals surface area contributed by atoms with Crippen LogP contribution < -0.4 is 4.72 Å². The van der Waals surface area contributed by atoms with Gasteiger partial charge in [0.1, 0.15) is 10.7 Å². The van der Waals surface area contributed by atoms with Crippen molar-refractivity contribution in [2.75, 3.05) is 6.54 Å². The molecule has 0 amide bonds. The molecule has 1 aliphatic carbocycles. The number of sulfonamides is 1. The van der Waals surface area contributed by atoms with Crippen LogP contribution in [0.15, 0.2) is 23.1 Å². The van der Waals surface area contributed by atoms with E-state index in [1.165, 1.54) is 6.07 Å². The molecule has 2 unspecified atom stereocenters. The number of halogens is 1. The van der Waals surface area contributed by atoms with Crippen molar-refractivity contribution in [2.45, 2.75) is 24.8 Å². The summed E-state index contributed by atoms with van der Waals surface area (Å²) in [5, 5.41) is 8.94. The molecule has 1 aromatic rings. The smallest absolute Gasteiger partial charge is 0.243 e. The highest BCUT2D eigenvalue weighted by Crippen LogP contribution is 2.37. The van der Waals surface area contributed by atoms with Gasteiger partial charge in [-0.15, -0.1) is 0 Å². The van der Waals surface area contributed by atoms with Gasteiger partial charge in [0, 0.05) is 6.54 Å². The van der Waals surface area contributed by atoms with E-state index < -0.39 is 20.7 Å². The molecule has 0 radical (unpaired) electrons. The molecule has 0 aliphatic heterocycles. The van der Waals surface area contributed by atoms with Gasteiger partial charge in [-0.2, -0.15) is 0 Å². The summed E-state index contributed by atoms with van der Waals surface area (Å²) >= 11 is 0. The quantitative estimate of drug-likeness (QED) is 0.848. The van der Waals surface area contributed by atoms with Crippen LogP contribution in [-0.2, 0) is 16.6 Å². The Morgan fingerprint density at radius 1 is 1.50 bits per heavy atom. The normalized spacial score (nSPS) is 23.1. The Morgan fingerprint density at radius 2 is 2.17 bits per heavy atom. The van der Waals surface area contributed by atoms with Crippen LogP contribution in [0.25, 0.3) is 0 Å². The molecule has 6 heteroatoms. The van der Waals surface area contributed by atoms with Crippen LogP contribution in [0.4, 0.5) is 4.39 Å². The van der Waals surface area contributed by atoms with E-state index in [1.807, 2.05) is 6.92 Å². The maximum atomic E-state index is 13.5. The molecule has 18 heavy (non-hydrogen) atoms. The molecular formula is C12H16FNO3S. The van der Waals surface area contributed by atoms with Gasteiger partial charge in [-0.25, -0.2) is 17.5 Å². The zero-order chi connectivity index (χ0) is 13.3. The molecule has 0 spiro atoms. The second-order valence-corrected chi connectivity index (χ2v) is 6.48.